The molecule has 3 aliphatic rings. The maximum absolute atomic E-state index is 12.4. The van der Waals surface area contributed by atoms with E-state index in [0.29, 0.717) is 12.6 Å². The van der Waals surface area contributed by atoms with Crippen molar-refractivity contribution in [2.45, 2.75) is 51.0 Å². The number of amides is 2. The van der Waals surface area contributed by atoms with E-state index in [1.165, 1.54) is 32.2 Å². The Balaban J connectivity index is 1.40. The Morgan fingerprint density at radius 1 is 1.00 bits per heavy atom. The lowest BCUT2D eigenvalue weighted by Crippen LogP contribution is -2.49. The normalized spacial score (nSPS) is 30.9. The third-order valence-electron chi connectivity index (χ3n) is 5.66. The summed E-state index contributed by atoms with van der Waals surface area (Å²) < 4.78 is 0. The van der Waals surface area contributed by atoms with Gasteiger partial charge in [0.2, 0.25) is 0 Å². The fraction of sp³-hybridized carbons (Fsp3) is 0.941. The minimum atomic E-state index is 0.0749. The van der Waals surface area contributed by atoms with E-state index in [-0.39, 0.29) is 18.6 Å². The SMILES string of the molecule is O=C(N[C@H]1CCN(CC2CCCC2)C1)N1CCC[C@H](CO)C1. The van der Waals surface area contributed by atoms with Gasteiger partial charge in [-0.15, -0.1) is 0 Å². The Morgan fingerprint density at radius 3 is 2.55 bits per heavy atom. The van der Waals surface area contributed by atoms with Crippen LogP contribution >= 0.6 is 0 Å². The van der Waals surface area contributed by atoms with Crippen molar-refractivity contribution in [2.24, 2.45) is 11.8 Å². The van der Waals surface area contributed by atoms with Gasteiger partial charge in [0.1, 0.15) is 0 Å². The van der Waals surface area contributed by atoms with E-state index in [4.69, 9.17) is 0 Å². The summed E-state index contributed by atoms with van der Waals surface area (Å²) in [5.41, 5.74) is 0. The van der Waals surface area contributed by atoms with Crippen LogP contribution in [-0.4, -0.2) is 66.3 Å². The van der Waals surface area contributed by atoms with E-state index >= 15 is 0 Å². The summed E-state index contributed by atoms with van der Waals surface area (Å²) in [6.45, 7) is 5.10. The number of nitrogens with one attached hydrogen (secondary N) is 1. The van der Waals surface area contributed by atoms with E-state index in [0.717, 1.165) is 44.8 Å². The Bertz CT molecular complexity index is 371. The molecule has 2 amide bonds. The molecule has 0 spiro atoms. The third-order valence-corrected chi connectivity index (χ3v) is 5.66. The largest absolute Gasteiger partial charge is 0.396 e. The first-order valence-electron chi connectivity index (χ1n) is 9.13. The predicted molar refractivity (Wildman–Crippen MR) is 86.7 cm³/mol. The molecule has 1 saturated carbocycles. The molecular weight excluding hydrogens is 278 g/mol. The zero-order valence-electron chi connectivity index (χ0n) is 13.7. The van der Waals surface area contributed by atoms with Gasteiger partial charge in [-0.2, -0.15) is 0 Å². The number of urea groups is 1. The molecule has 3 fully saturated rings. The Kier molecular flexibility index (Phi) is 5.58. The summed E-state index contributed by atoms with van der Waals surface area (Å²) >= 11 is 0. The van der Waals surface area contributed by atoms with Gasteiger partial charge in [-0.25, -0.2) is 4.79 Å². The molecule has 2 aliphatic heterocycles. The number of aliphatic hydroxyl groups excluding tert-OH is 1. The summed E-state index contributed by atoms with van der Waals surface area (Å²) in [6, 6.07) is 0.384. The molecule has 2 heterocycles. The second-order valence-electron chi connectivity index (χ2n) is 7.48. The molecule has 2 atom stereocenters. The maximum Gasteiger partial charge on any atom is 0.317 e. The number of hydrogen-bond donors (Lipinski definition) is 2. The Hall–Kier alpha value is -0.810. The molecule has 0 bridgehead atoms. The molecule has 0 aromatic rings. The summed E-state index contributed by atoms with van der Waals surface area (Å²) in [5.74, 6) is 1.16. The predicted octanol–water partition coefficient (Wildman–Crippen LogP) is 1.66. The second-order valence-corrected chi connectivity index (χ2v) is 7.48. The van der Waals surface area contributed by atoms with Crippen LogP contribution in [0.15, 0.2) is 0 Å². The first kappa shape index (κ1) is 16.1. The van der Waals surface area contributed by atoms with Crippen molar-refractivity contribution < 1.29 is 9.90 Å². The van der Waals surface area contributed by atoms with Gasteiger partial charge in [0.25, 0.3) is 0 Å². The molecule has 1 aliphatic carbocycles. The summed E-state index contributed by atoms with van der Waals surface area (Å²) in [6.07, 6.45) is 8.72. The number of likely N-dealkylation sites (tertiary alicyclic amines) is 2. The molecule has 0 unspecified atom stereocenters. The Labute approximate surface area is 134 Å². The van der Waals surface area contributed by atoms with E-state index < -0.39 is 0 Å². The third kappa shape index (κ3) is 4.13. The van der Waals surface area contributed by atoms with Gasteiger partial charge in [-0.1, -0.05) is 12.8 Å². The van der Waals surface area contributed by atoms with Gasteiger partial charge in [0.05, 0.1) is 0 Å². The van der Waals surface area contributed by atoms with Crippen LogP contribution in [0.2, 0.25) is 0 Å². The monoisotopic (exact) mass is 309 g/mol. The summed E-state index contributed by atoms with van der Waals surface area (Å²) in [4.78, 5) is 16.8. The van der Waals surface area contributed by atoms with Crippen LogP contribution in [0.1, 0.15) is 44.9 Å². The number of piperidine rings is 1. The molecule has 5 nitrogen and oxygen atoms in total. The number of nitrogens with zero attached hydrogens (tertiary/aromatic N) is 2. The van der Waals surface area contributed by atoms with Gasteiger partial charge in [0.15, 0.2) is 0 Å². The van der Waals surface area contributed by atoms with Gasteiger partial charge in [-0.05, 0) is 43.9 Å². The minimum absolute atomic E-state index is 0.0749. The van der Waals surface area contributed by atoms with Crippen LogP contribution < -0.4 is 5.32 Å². The molecule has 126 valence electrons. The topological polar surface area (TPSA) is 55.8 Å². The molecule has 22 heavy (non-hydrogen) atoms. The van der Waals surface area contributed by atoms with Crippen LogP contribution in [0.25, 0.3) is 0 Å². The van der Waals surface area contributed by atoms with Crippen molar-refractivity contribution in [1.82, 2.24) is 15.1 Å². The molecule has 2 N–H and O–H groups in total. The second kappa shape index (κ2) is 7.64. The minimum Gasteiger partial charge on any atom is -0.396 e. The smallest absolute Gasteiger partial charge is 0.317 e. The van der Waals surface area contributed by atoms with Crippen molar-refractivity contribution in [1.29, 1.82) is 0 Å². The van der Waals surface area contributed by atoms with E-state index in [9.17, 15) is 9.90 Å². The molecule has 0 radical (unpaired) electrons. The number of hydrogen-bond acceptors (Lipinski definition) is 3. The highest BCUT2D eigenvalue weighted by atomic mass is 16.3. The lowest BCUT2D eigenvalue weighted by Gasteiger charge is -2.32. The first-order valence-corrected chi connectivity index (χ1v) is 9.13. The fourth-order valence-corrected chi connectivity index (χ4v) is 4.34. The zero-order valence-corrected chi connectivity index (χ0v) is 13.7. The van der Waals surface area contributed by atoms with Crippen molar-refractivity contribution >= 4 is 6.03 Å². The summed E-state index contributed by atoms with van der Waals surface area (Å²) in [7, 11) is 0. The summed E-state index contributed by atoms with van der Waals surface area (Å²) in [5, 5.41) is 12.5. The Morgan fingerprint density at radius 2 is 1.77 bits per heavy atom. The van der Waals surface area contributed by atoms with Crippen LogP contribution in [0, 0.1) is 11.8 Å². The highest BCUT2D eigenvalue weighted by Crippen LogP contribution is 2.26. The van der Waals surface area contributed by atoms with Crippen molar-refractivity contribution in [3.8, 4) is 0 Å². The number of carbonyl (C=O) groups is 1. The van der Waals surface area contributed by atoms with Crippen molar-refractivity contribution in [2.75, 3.05) is 39.3 Å². The van der Waals surface area contributed by atoms with Crippen molar-refractivity contribution in [3.05, 3.63) is 0 Å². The van der Waals surface area contributed by atoms with Gasteiger partial charge in [0, 0.05) is 45.4 Å². The fourth-order valence-electron chi connectivity index (χ4n) is 4.34. The molecule has 3 rings (SSSR count). The number of carbonyl (C=O) groups excluding carboxylic acids is 1. The quantitative estimate of drug-likeness (QED) is 0.830. The van der Waals surface area contributed by atoms with Crippen LogP contribution in [0.4, 0.5) is 4.79 Å². The molecule has 5 heteroatoms. The highest BCUT2D eigenvalue weighted by Gasteiger charge is 2.29. The lowest BCUT2D eigenvalue weighted by molar-refractivity contribution is 0.128. The lowest BCUT2D eigenvalue weighted by atomic mass is 9.99. The highest BCUT2D eigenvalue weighted by molar-refractivity contribution is 5.74. The van der Waals surface area contributed by atoms with E-state index in [1.54, 1.807) is 0 Å². The van der Waals surface area contributed by atoms with E-state index in [1.807, 2.05) is 4.90 Å². The van der Waals surface area contributed by atoms with E-state index in [2.05, 4.69) is 10.2 Å². The molecule has 2 saturated heterocycles. The molecular formula is C17H31N3O2. The maximum atomic E-state index is 12.4. The number of rotatable bonds is 4. The van der Waals surface area contributed by atoms with Crippen molar-refractivity contribution in [3.63, 3.8) is 0 Å². The van der Waals surface area contributed by atoms with Crippen LogP contribution in [0.3, 0.4) is 0 Å². The van der Waals surface area contributed by atoms with Gasteiger partial charge in [-0.3, -0.25) is 0 Å². The zero-order chi connectivity index (χ0) is 15.4. The standard InChI is InChI=1S/C17H31N3O2/c21-13-15-6-3-8-20(11-15)17(22)18-16-7-9-19(12-16)10-14-4-1-2-5-14/h14-16,21H,1-13H2,(H,18,22)/t15-,16-/m0/s1. The van der Waals surface area contributed by atoms with Gasteiger partial charge < -0.3 is 20.2 Å². The first-order chi connectivity index (χ1) is 10.7. The number of aliphatic hydroxyl groups is 1. The van der Waals surface area contributed by atoms with Crippen LogP contribution in [-0.2, 0) is 0 Å². The average Bonchev–Trinajstić information content (AvgIpc) is 3.20. The van der Waals surface area contributed by atoms with Gasteiger partial charge >= 0.3 is 6.03 Å². The molecule has 0 aromatic heterocycles. The average molecular weight is 309 g/mol. The van der Waals surface area contributed by atoms with Crippen LogP contribution in [0.5, 0.6) is 0 Å². The molecule has 0 aromatic carbocycles.